The molecule has 0 spiro atoms. The van der Waals surface area contributed by atoms with Crippen molar-refractivity contribution in [3.05, 3.63) is 63.7 Å². The SMILES string of the molecule is COc1c(C(C)(N)c2cc(C)ccc2C)ccc(C)c1C. The average Bonchev–Trinajstić information content (AvgIpc) is 2.44. The lowest BCUT2D eigenvalue weighted by Gasteiger charge is -2.30. The van der Waals surface area contributed by atoms with Crippen LogP contribution in [0.4, 0.5) is 0 Å². The van der Waals surface area contributed by atoms with Gasteiger partial charge in [-0.1, -0.05) is 35.9 Å². The van der Waals surface area contributed by atoms with Crippen molar-refractivity contribution < 1.29 is 4.74 Å². The average molecular weight is 283 g/mol. The van der Waals surface area contributed by atoms with E-state index in [0.29, 0.717) is 0 Å². The van der Waals surface area contributed by atoms with Gasteiger partial charge < -0.3 is 10.5 Å². The molecular weight excluding hydrogens is 258 g/mol. The zero-order valence-corrected chi connectivity index (χ0v) is 13.9. The van der Waals surface area contributed by atoms with Gasteiger partial charge in [-0.15, -0.1) is 0 Å². The van der Waals surface area contributed by atoms with Gasteiger partial charge in [0.25, 0.3) is 0 Å². The van der Waals surface area contributed by atoms with Crippen LogP contribution in [-0.2, 0) is 5.54 Å². The number of ether oxygens (including phenoxy) is 1. The van der Waals surface area contributed by atoms with Crippen molar-refractivity contribution in [2.75, 3.05) is 7.11 Å². The fourth-order valence-electron chi connectivity index (χ4n) is 2.90. The van der Waals surface area contributed by atoms with Crippen LogP contribution in [0.15, 0.2) is 30.3 Å². The number of rotatable bonds is 3. The predicted molar refractivity (Wildman–Crippen MR) is 89.0 cm³/mol. The Bertz CT molecular complexity index is 672. The van der Waals surface area contributed by atoms with E-state index < -0.39 is 5.54 Å². The summed E-state index contributed by atoms with van der Waals surface area (Å²) in [4.78, 5) is 0. The summed E-state index contributed by atoms with van der Waals surface area (Å²) in [6, 6.07) is 10.6. The monoisotopic (exact) mass is 283 g/mol. The lowest BCUT2D eigenvalue weighted by atomic mass is 9.81. The largest absolute Gasteiger partial charge is 0.496 e. The number of hydrogen-bond acceptors (Lipinski definition) is 2. The Labute approximate surface area is 127 Å². The van der Waals surface area contributed by atoms with Crippen LogP contribution in [0.2, 0.25) is 0 Å². The number of nitrogens with two attached hydrogens (primary N) is 1. The fraction of sp³-hybridized carbons (Fsp3) is 0.368. The molecule has 0 saturated carbocycles. The van der Waals surface area contributed by atoms with Crippen molar-refractivity contribution >= 4 is 0 Å². The van der Waals surface area contributed by atoms with Gasteiger partial charge in [0, 0.05) is 5.56 Å². The Hall–Kier alpha value is -1.80. The third-order valence-electron chi connectivity index (χ3n) is 4.39. The number of hydrogen-bond donors (Lipinski definition) is 1. The second-order valence-electron chi connectivity index (χ2n) is 6.11. The highest BCUT2D eigenvalue weighted by Gasteiger charge is 2.29. The summed E-state index contributed by atoms with van der Waals surface area (Å²) < 4.78 is 5.65. The van der Waals surface area contributed by atoms with Gasteiger partial charge in [-0.3, -0.25) is 0 Å². The molecule has 0 fully saturated rings. The molecule has 0 bridgehead atoms. The summed E-state index contributed by atoms with van der Waals surface area (Å²) in [5, 5.41) is 0. The van der Waals surface area contributed by atoms with Crippen LogP contribution < -0.4 is 10.5 Å². The number of aryl methyl sites for hydroxylation is 3. The van der Waals surface area contributed by atoms with Crippen LogP contribution in [-0.4, -0.2) is 7.11 Å². The molecule has 0 aromatic heterocycles. The van der Waals surface area contributed by atoms with Crippen molar-refractivity contribution in [3.8, 4) is 5.75 Å². The number of benzene rings is 2. The first-order chi connectivity index (χ1) is 9.78. The molecule has 0 radical (unpaired) electrons. The Morgan fingerprint density at radius 3 is 2.14 bits per heavy atom. The molecule has 21 heavy (non-hydrogen) atoms. The lowest BCUT2D eigenvalue weighted by molar-refractivity contribution is 0.395. The van der Waals surface area contributed by atoms with E-state index in [9.17, 15) is 0 Å². The van der Waals surface area contributed by atoms with E-state index in [1.807, 2.05) is 0 Å². The Balaban J connectivity index is 2.69. The zero-order chi connectivity index (χ0) is 15.8. The molecule has 0 heterocycles. The van der Waals surface area contributed by atoms with Crippen molar-refractivity contribution in [2.24, 2.45) is 5.73 Å². The highest BCUT2D eigenvalue weighted by Crippen LogP contribution is 2.38. The van der Waals surface area contributed by atoms with Gasteiger partial charge in [-0.2, -0.15) is 0 Å². The van der Waals surface area contributed by atoms with Crippen LogP contribution >= 0.6 is 0 Å². The molecule has 2 heteroatoms. The quantitative estimate of drug-likeness (QED) is 0.918. The van der Waals surface area contributed by atoms with E-state index in [2.05, 4.69) is 65.0 Å². The summed E-state index contributed by atoms with van der Waals surface area (Å²) >= 11 is 0. The van der Waals surface area contributed by atoms with Gasteiger partial charge in [0.1, 0.15) is 5.75 Å². The molecule has 2 nitrogen and oxygen atoms in total. The summed E-state index contributed by atoms with van der Waals surface area (Å²) in [6.45, 7) is 10.4. The van der Waals surface area contributed by atoms with E-state index in [1.165, 1.54) is 16.7 Å². The minimum atomic E-state index is -0.583. The minimum Gasteiger partial charge on any atom is -0.496 e. The summed E-state index contributed by atoms with van der Waals surface area (Å²) in [5.74, 6) is 0.890. The molecular formula is C19H25NO. The van der Waals surface area contributed by atoms with Crippen LogP contribution in [0, 0.1) is 27.7 Å². The molecule has 1 atom stereocenters. The maximum absolute atomic E-state index is 6.74. The predicted octanol–water partition coefficient (Wildman–Crippen LogP) is 4.15. The molecule has 0 aliphatic rings. The van der Waals surface area contributed by atoms with E-state index >= 15 is 0 Å². The normalized spacial score (nSPS) is 13.9. The lowest BCUT2D eigenvalue weighted by Crippen LogP contribution is -2.35. The number of methoxy groups -OCH3 is 1. The third-order valence-corrected chi connectivity index (χ3v) is 4.39. The standard InChI is InChI=1S/C19H25NO/c1-12-7-8-14(3)17(11-12)19(5,20)16-10-9-13(2)15(4)18(16)21-6/h7-11H,20H2,1-6H3. The van der Waals surface area contributed by atoms with Crippen LogP contribution in [0.5, 0.6) is 5.75 Å². The van der Waals surface area contributed by atoms with Gasteiger partial charge in [0.15, 0.2) is 0 Å². The molecule has 2 N–H and O–H groups in total. The van der Waals surface area contributed by atoms with Gasteiger partial charge in [0.05, 0.1) is 12.6 Å². The highest BCUT2D eigenvalue weighted by atomic mass is 16.5. The molecule has 2 aromatic rings. The smallest absolute Gasteiger partial charge is 0.127 e. The Kier molecular flexibility index (Phi) is 4.11. The van der Waals surface area contributed by atoms with Crippen molar-refractivity contribution in [1.82, 2.24) is 0 Å². The fourth-order valence-corrected chi connectivity index (χ4v) is 2.90. The maximum atomic E-state index is 6.74. The Morgan fingerprint density at radius 1 is 0.905 bits per heavy atom. The molecule has 112 valence electrons. The second-order valence-corrected chi connectivity index (χ2v) is 6.11. The molecule has 0 aliphatic heterocycles. The molecule has 0 aliphatic carbocycles. The first kappa shape index (κ1) is 15.6. The summed E-state index contributed by atoms with van der Waals surface area (Å²) in [6.07, 6.45) is 0. The van der Waals surface area contributed by atoms with E-state index in [1.54, 1.807) is 7.11 Å². The summed E-state index contributed by atoms with van der Waals surface area (Å²) in [7, 11) is 1.71. The third kappa shape index (κ3) is 2.68. The van der Waals surface area contributed by atoms with Gasteiger partial charge in [0.2, 0.25) is 0 Å². The van der Waals surface area contributed by atoms with Crippen molar-refractivity contribution in [3.63, 3.8) is 0 Å². The Morgan fingerprint density at radius 2 is 1.52 bits per heavy atom. The molecule has 1 unspecified atom stereocenters. The molecule has 2 rings (SSSR count). The second kappa shape index (κ2) is 5.53. The van der Waals surface area contributed by atoms with E-state index in [-0.39, 0.29) is 0 Å². The van der Waals surface area contributed by atoms with Crippen LogP contribution in [0.25, 0.3) is 0 Å². The van der Waals surface area contributed by atoms with Gasteiger partial charge in [-0.05, 0) is 56.9 Å². The first-order valence-corrected chi connectivity index (χ1v) is 7.30. The van der Waals surface area contributed by atoms with Crippen LogP contribution in [0.3, 0.4) is 0 Å². The van der Waals surface area contributed by atoms with Crippen LogP contribution in [0.1, 0.15) is 40.3 Å². The molecule has 0 amide bonds. The molecule has 0 saturated heterocycles. The summed E-state index contributed by atoms with van der Waals surface area (Å²) in [5.41, 5.74) is 13.1. The van der Waals surface area contributed by atoms with Gasteiger partial charge in [-0.25, -0.2) is 0 Å². The topological polar surface area (TPSA) is 35.2 Å². The first-order valence-electron chi connectivity index (χ1n) is 7.30. The highest BCUT2D eigenvalue weighted by molar-refractivity contribution is 5.53. The zero-order valence-electron chi connectivity index (χ0n) is 13.9. The molecule has 2 aromatic carbocycles. The maximum Gasteiger partial charge on any atom is 0.127 e. The van der Waals surface area contributed by atoms with E-state index in [4.69, 9.17) is 10.5 Å². The van der Waals surface area contributed by atoms with E-state index in [0.717, 1.165) is 22.4 Å². The van der Waals surface area contributed by atoms with Crippen molar-refractivity contribution in [1.29, 1.82) is 0 Å². The minimum absolute atomic E-state index is 0.583. The van der Waals surface area contributed by atoms with Crippen molar-refractivity contribution in [2.45, 2.75) is 40.2 Å². The van der Waals surface area contributed by atoms with Gasteiger partial charge >= 0.3 is 0 Å².